The van der Waals surface area contributed by atoms with E-state index in [1.807, 2.05) is 19.1 Å². The molecule has 0 unspecified atom stereocenters. The molecule has 2 N–H and O–H groups in total. The summed E-state index contributed by atoms with van der Waals surface area (Å²) in [4.78, 5) is 12.1. The maximum Gasteiger partial charge on any atom is 0.252 e. The van der Waals surface area contributed by atoms with Gasteiger partial charge in [0, 0.05) is 31.7 Å². The second-order valence-electron chi connectivity index (χ2n) is 4.13. The average molecular weight is 275 g/mol. The number of rotatable bonds is 7. The van der Waals surface area contributed by atoms with Crippen molar-refractivity contribution in [3.63, 3.8) is 0 Å². The van der Waals surface area contributed by atoms with E-state index < -0.39 is 0 Å². The minimum atomic E-state index is -0.129. The Kier molecular flexibility index (Phi) is 8.13. The molecule has 20 heavy (non-hydrogen) atoms. The molecule has 0 heterocycles. The van der Waals surface area contributed by atoms with Gasteiger partial charge in [-0.3, -0.25) is 4.79 Å². The number of aliphatic hydroxyl groups excluding tert-OH is 1. The number of ether oxygens (including phenoxy) is 1. The second kappa shape index (κ2) is 10.0. The van der Waals surface area contributed by atoms with Gasteiger partial charge in [0.2, 0.25) is 0 Å². The first-order valence-corrected chi connectivity index (χ1v) is 6.84. The third-order valence-corrected chi connectivity index (χ3v) is 2.59. The van der Waals surface area contributed by atoms with Gasteiger partial charge in [0.05, 0.1) is 12.2 Å². The number of carbonyl (C=O) groups is 1. The van der Waals surface area contributed by atoms with E-state index in [4.69, 9.17) is 9.84 Å². The normalized spacial score (nSPS) is 9.70. The number of hydrogen-bond acceptors (Lipinski definition) is 3. The summed E-state index contributed by atoms with van der Waals surface area (Å²) < 4.78 is 5.21. The van der Waals surface area contributed by atoms with Crippen molar-refractivity contribution in [2.45, 2.75) is 19.8 Å². The van der Waals surface area contributed by atoms with E-state index in [9.17, 15) is 4.79 Å². The first kappa shape index (κ1) is 16.2. The molecule has 1 aromatic rings. The Balaban J connectivity index is 2.57. The lowest BCUT2D eigenvalue weighted by molar-refractivity contribution is 0.0944. The van der Waals surface area contributed by atoms with Crippen molar-refractivity contribution in [1.29, 1.82) is 0 Å². The molecule has 0 fully saturated rings. The van der Waals surface area contributed by atoms with E-state index in [1.54, 1.807) is 12.1 Å². The van der Waals surface area contributed by atoms with Crippen molar-refractivity contribution >= 4 is 5.91 Å². The van der Waals surface area contributed by atoms with Crippen LogP contribution in [0.3, 0.4) is 0 Å². The molecule has 0 aromatic heterocycles. The van der Waals surface area contributed by atoms with Crippen LogP contribution in [0.1, 0.15) is 35.7 Å². The number of hydrogen-bond donors (Lipinski definition) is 2. The molecule has 0 aliphatic rings. The van der Waals surface area contributed by atoms with E-state index in [1.165, 1.54) is 0 Å². The maximum absolute atomic E-state index is 12.1. The third-order valence-electron chi connectivity index (χ3n) is 2.59. The number of aliphatic hydroxyl groups is 1. The van der Waals surface area contributed by atoms with Crippen LogP contribution in [-0.2, 0) is 4.74 Å². The predicted molar refractivity (Wildman–Crippen MR) is 78.5 cm³/mol. The van der Waals surface area contributed by atoms with E-state index >= 15 is 0 Å². The van der Waals surface area contributed by atoms with Crippen LogP contribution < -0.4 is 5.32 Å². The molecule has 1 amide bonds. The molecular formula is C16H21NO3. The van der Waals surface area contributed by atoms with E-state index in [2.05, 4.69) is 17.2 Å². The fourth-order valence-electron chi connectivity index (χ4n) is 1.62. The van der Waals surface area contributed by atoms with E-state index in [0.717, 1.165) is 6.42 Å². The lowest BCUT2D eigenvalue weighted by atomic mass is 10.1. The summed E-state index contributed by atoms with van der Waals surface area (Å²) in [7, 11) is 0. The summed E-state index contributed by atoms with van der Waals surface area (Å²) in [6.07, 6.45) is 1.20. The zero-order chi connectivity index (χ0) is 14.6. The summed E-state index contributed by atoms with van der Waals surface area (Å²) in [6, 6.07) is 7.21. The molecule has 4 heteroatoms. The minimum Gasteiger partial charge on any atom is -0.395 e. The Bertz CT molecular complexity index is 474. The molecule has 0 spiro atoms. The molecule has 0 bridgehead atoms. The zero-order valence-corrected chi connectivity index (χ0v) is 11.8. The van der Waals surface area contributed by atoms with Gasteiger partial charge in [-0.1, -0.05) is 24.0 Å². The highest BCUT2D eigenvalue weighted by Crippen LogP contribution is 2.07. The molecule has 0 atom stereocenters. The predicted octanol–water partition coefficient (Wildman–Crippen LogP) is 1.58. The number of amides is 1. The van der Waals surface area contributed by atoms with E-state index in [-0.39, 0.29) is 12.5 Å². The maximum atomic E-state index is 12.1. The summed E-state index contributed by atoms with van der Waals surface area (Å²) >= 11 is 0. The minimum absolute atomic E-state index is 0.0266. The van der Waals surface area contributed by atoms with Crippen LogP contribution in [-0.4, -0.2) is 37.4 Å². The van der Waals surface area contributed by atoms with Crippen LogP contribution in [0.2, 0.25) is 0 Å². The third kappa shape index (κ3) is 5.87. The Morgan fingerprint density at radius 2 is 2.20 bits per heavy atom. The Morgan fingerprint density at radius 3 is 2.95 bits per heavy atom. The second-order valence-corrected chi connectivity index (χ2v) is 4.13. The molecule has 1 rings (SSSR count). The van der Waals surface area contributed by atoms with Crippen molar-refractivity contribution in [2.24, 2.45) is 0 Å². The summed E-state index contributed by atoms with van der Waals surface area (Å²) in [5.41, 5.74) is 1.25. The van der Waals surface area contributed by atoms with Crippen molar-refractivity contribution in [3.8, 4) is 11.8 Å². The van der Waals surface area contributed by atoms with Crippen LogP contribution in [0.4, 0.5) is 0 Å². The first-order valence-electron chi connectivity index (χ1n) is 6.84. The molecule has 1 aromatic carbocycles. The lowest BCUT2D eigenvalue weighted by Crippen LogP contribution is -2.26. The van der Waals surface area contributed by atoms with Crippen LogP contribution in [0.15, 0.2) is 24.3 Å². The van der Waals surface area contributed by atoms with Gasteiger partial charge in [-0.05, 0) is 25.5 Å². The van der Waals surface area contributed by atoms with Gasteiger partial charge in [0.25, 0.3) is 5.91 Å². The van der Waals surface area contributed by atoms with Gasteiger partial charge in [-0.25, -0.2) is 0 Å². The highest BCUT2D eigenvalue weighted by atomic mass is 16.5. The zero-order valence-electron chi connectivity index (χ0n) is 11.8. The van der Waals surface area contributed by atoms with Crippen molar-refractivity contribution < 1.29 is 14.6 Å². The summed E-state index contributed by atoms with van der Waals surface area (Å²) in [5.74, 6) is 5.61. The van der Waals surface area contributed by atoms with Gasteiger partial charge in [0.15, 0.2) is 0 Å². The Hall–Kier alpha value is -1.83. The van der Waals surface area contributed by atoms with Gasteiger partial charge in [-0.2, -0.15) is 0 Å². The SMILES string of the molecule is CCOCCCNC(=O)c1ccccc1C#CCCO. The van der Waals surface area contributed by atoms with Crippen molar-refractivity contribution in [3.05, 3.63) is 35.4 Å². The summed E-state index contributed by atoms with van der Waals surface area (Å²) in [5, 5.41) is 11.6. The number of nitrogens with one attached hydrogen (secondary N) is 1. The van der Waals surface area contributed by atoms with Crippen LogP contribution in [0.5, 0.6) is 0 Å². The molecule has 0 radical (unpaired) electrons. The molecule has 108 valence electrons. The fourth-order valence-corrected chi connectivity index (χ4v) is 1.62. The summed E-state index contributed by atoms with van der Waals surface area (Å²) in [6.45, 7) is 3.89. The Labute approximate surface area is 120 Å². The molecular weight excluding hydrogens is 254 g/mol. The first-order chi connectivity index (χ1) is 9.79. The highest BCUT2D eigenvalue weighted by Gasteiger charge is 2.08. The standard InChI is InChI=1S/C16H21NO3/c1-2-20-13-7-11-17-16(19)15-10-4-3-8-14(15)9-5-6-12-18/h3-4,8,10,18H,2,6-7,11-13H2,1H3,(H,17,19). The largest absolute Gasteiger partial charge is 0.395 e. The molecule has 4 nitrogen and oxygen atoms in total. The van der Waals surface area contributed by atoms with Crippen LogP contribution in [0, 0.1) is 11.8 Å². The van der Waals surface area contributed by atoms with Gasteiger partial charge >= 0.3 is 0 Å². The number of benzene rings is 1. The van der Waals surface area contributed by atoms with Crippen LogP contribution in [0.25, 0.3) is 0 Å². The lowest BCUT2D eigenvalue weighted by Gasteiger charge is -2.07. The monoisotopic (exact) mass is 275 g/mol. The van der Waals surface area contributed by atoms with Crippen LogP contribution >= 0.6 is 0 Å². The average Bonchev–Trinajstić information content (AvgIpc) is 2.47. The molecule has 0 saturated carbocycles. The quantitative estimate of drug-likeness (QED) is 0.587. The smallest absolute Gasteiger partial charge is 0.252 e. The van der Waals surface area contributed by atoms with Crippen molar-refractivity contribution in [2.75, 3.05) is 26.4 Å². The molecule has 0 saturated heterocycles. The fraction of sp³-hybridized carbons (Fsp3) is 0.438. The molecule has 0 aliphatic carbocycles. The highest BCUT2D eigenvalue weighted by molar-refractivity contribution is 5.96. The van der Waals surface area contributed by atoms with E-state index in [0.29, 0.717) is 37.3 Å². The van der Waals surface area contributed by atoms with Gasteiger partial charge in [0.1, 0.15) is 0 Å². The van der Waals surface area contributed by atoms with Crippen molar-refractivity contribution in [1.82, 2.24) is 5.32 Å². The van der Waals surface area contributed by atoms with Gasteiger partial charge in [-0.15, -0.1) is 0 Å². The van der Waals surface area contributed by atoms with Gasteiger partial charge < -0.3 is 15.2 Å². The Morgan fingerprint density at radius 1 is 1.40 bits per heavy atom. The number of carbonyl (C=O) groups excluding carboxylic acids is 1. The molecule has 0 aliphatic heterocycles. The topological polar surface area (TPSA) is 58.6 Å².